The average molecular weight is 304 g/mol. The molecule has 0 spiro atoms. The first-order chi connectivity index (χ1) is 10.2. The number of hydrogen-bond donors (Lipinski definition) is 2. The van der Waals surface area contributed by atoms with Crippen LogP contribution in [-0.2, 0) is 16.1 Å². The Kier molecular flexibility index (Phi) is 4.01. The first-order valence-electron chi connectivity index (χ1n) is 6.76. The summed E-state index contributed by atoms with van der Waals surface area (Å²) in [6.07, 6.45) is 2.29. The summed E-state index contributed by atoms with van der Waals surface area (Å²) >= 11 is 1.57. The molecule has 6 heteroatoms. The molecule has 3 rings (SSSR count). The predicted octanol–water partition coefficient (Wildman–Crippen LogP) is 2.14. The molecular formula is C15H16N2O3S. The fourth-order valence-corrected chi connectivity index (χ4v) is 3.17. The van der Waals surface area contributed by atoms with Crippen LogP contribution in [0.2, 0.25) is 0 Å². The number of carbonyl (C=O) groups is 1. The van der Waals surface area contributed by atoms with Gasteiger partial charge in [-0.15, -0.1) is 11.3 Å². The van der Waals surface area contributed by atoms with E-state index in [1.165, 1.54) is 0 Å². The van der Waals surface area contributed by atoms with E-state index in [9.17, 15) is 9.90 Å². The third-order valence-electron chi connectivity index (χ3n) is 3.61. The maximum Gasteiger partial charge on any atom is 0.326 e. The van der Waals surface area contributed by atoms with E-state index in [1.807, 2.05) is 30.3 Å². The van der Waals surface area contributed by atoms with Crippen molar-refractivity contribution in [1.29, 1.82) is 0 Å². The molecule has 1 aromatic carbocycles. The van der Waals surface area contributed by atoms with Gasteiger partial charge in [0.25, 0.3) is 0 Å². The Morgan fingerprint density at radius 1 is 1.43 bits per heavy atom. The fourth-order valence-electron chi connectivity index (χ4n) is 2.31. The van der Waals surface area contributed by atoms with Crippen LogP contribution < -0.4 is 5.32 Å². The molecule has 110 valence electrons. The monoisotopic (exact) mass is 304 g/mol. The number of rotatable bonds is 5. The van der Waals surface area contributed by atoms with Gasteiger partial charge in [-0.05, 0) is 0 Å². The molecule has 2 heterocycles. The van der Waals surface area contributed by atoms with Crippen molar-refractivity contribution in [3.8, 4) is 10.6 Å². The zero-order valence-corrected chi connectivity index (χ0v) is 12.2. The topological polar surface area (TPSA) is 71.5 Å². The average Bonchev–Trinajstić information content (AvgIpc) is 3.16. The second-order valence-corrected chi connectivity index (χ2v) is 6.16. The molecule has 0 saturated carbocycles. The smallest absolute Gasteiger partial charge is 0.326 e. The van der Waals surface area contributed by atoms with Crippen molar-refractivity contribution in [3.05, 3.63) is 41.4 Å². The van der Waals surface area contributed by atoms with E-state index in [0.717, 1.165) is 15.4 Å². The van der Waals surface area contributed by atoms with E-state index in [0.29, 0.717) is 19.6 Å². The molecular weight excluding hydrogens is 288 g/mol. The van der Waals surface area contributed by atoms with Crippen LogP contribution in [0.1, 0.15) is 11.3 Å². The Bertz CT molecular complexity index is 621. The summed E-state index contributed by atoms with van der Waals surface area (Å²) in [7, 11) is 0. The molecule has 1 saturated heterocycles. The van der Waals surface area contributed by atoms with Gasteiger partial charge >= 0.3 is 5.97 Å². The van der Waals surface area contributed by atoms with Crippen molar-refractivity contribution in [3.63, 3.8) is 0 Å². The van der Waals surface area contributed by atoms with Gasteiger partial charge in [0.1, 0.15) is 10.5 Å². The van der Waals surface area contributed by atoms with Crippen LogP contribution in [0.3, 0.4) is 0 Å². The van der Waals surface area contributed by atoms with E-state index in [2.05, 4.69) is 10.3 Å². The molecule has 1 unspecified atom stereocenters. The molecule has 0 bridgehead atoms. The Hall–Kier alpha value is -1.76. The van der Waals surface area contributed by atoms with Crippen molar-refractivity contribution in [2.75, 3.05) is 13.2 Å². The molecule has 5 nitrogen and oxygen atoms in total. The second-order valence-electron chi connectivity index (χ2n) is 5.04. The summed E-state index contributed by atoms with van der Waals surface area (Å²) in [5, 5.41) is 13.4. The Balaban J connectivity index is 1.69. The number of carboxylic acids is 1. The van der Waals surface area contributed by atoms with Crippen LogP contribution in [-0.4, -0.2) is 34.8 Å². The van der Waals surface area contributed by atoms with Crippen molar-refractivity contribution in [2.45, 2.75) is 18.5 Å². The van der Waals surface area contributed by atoms with Gasteiger partial charge in [-0.3, -0.25) is 10.1 Å². The number of nitrogens with one attached hydrogen (secondary N) is 1. The van der Waals surface area contributed by atoms with Gasteiger partial charge in [0.2, 0.25) is 0 Å². The summed E-state index contributed by atoms with van der Waals surface area (Å²) < 4.78 is 5.23. The molecule has 21 heavy (non-hydrogen) atoms. The van der Waals surface area contributed by atoms with Crippen LogP contribution in [0.25, 0.3) is 10.6 Å². The van der Waals surface area contributed by atoms with Gasteiger partial charge in [0.15, 0.2) is 0 Å². The van der Waals surface area contributed by atoms with Gasteiger partial charge in [-0.2, -0.15) is 0 Å². The van der Waals surface area contributed by atoms with E-state index < -0.39 is 11.5 Å². The number of ether oxygens (including phenoxy) is 1. The first kappa shape index (κ1) is 14.2. The number of carboxylic acid groups (broad SMARTS) is 1. The fraction of sp³-hybridized carbons (Fsp3) is 0.333. The quantitative estimate of drug-likeness (QED) is 0.885. The van der Waals surface area contributed by atoms with Crippen molar-refractivity contribution in [1.82, 2.24) is 10.3 Å². The maximum atomic E-state index is 11.4. The van der Waals surface area contributed by atoms with E-state index in [4.69, 9.17) is 4.74 Å². The molecule has 2 aromatic rings. The minimum absolute atomic E-state index is 0.215. The highest BCUT2D eigenvalue weighted by Gasteiger charge is 2.42. The molecule has 0 amide bonds. The highest BCUT2D eigenvalue weighted by atomic mass is 32.1. The number of benzene rings is 1. The molecule has 1 aromatic heterocycles. The van der Waals surface area contributed by atoms with Crippen LogP contribution in [0, 0.1) is 0 Å². The summed E-state index contributed by atoms with van der Waals surface area (Å²) in [4.78, 5) is 16.8. The lowest BCUT2D eigenvalue weighted by molar-refractivity contribution is -0.145. The molecule has 0 radical (unpaired) electrons. The number of thiazole rings is 1. The van der Waals surface area contributed by atoms with Gasteiger partial charge in [-0.25, -0.2) is 4.98 Å². The molecule has 1 atom stereocenters. The number of hydrogen-bond acceptors (Lipinski definition) is 5. The highest BCUT2D eigenvalue weighted by molar-refractivity contribution is 7.15. The summed E-state index contributed by atoms with van der Waals surface area (Å²) in [5.74, 6) is -0.854. The predicted molar refractivity (Wildman–Crippen MR) is 80.2 cm³/mol. The lowest BCUT2D eigenvalue weighted by atomic mass is 9.99. The van der Waals surface area contributed by atoms with Gasteiger partial charge in [-0.1, -0.05) is 30.3 Å². The SMILES string of the molecule is O=C(O)C1(NCc2cnc(-c3ccccc3)s2)CCOC1. The minimum Gasteiger partial charge on any atom is -0.480 e. The Labute approximate surface area is 126 Å². The van der Waals surface area contributed by atoms with Gasteiger partial charge < -0.3 is 9.84 Å². The summed E-state index contributed by atoms with van der Waals surface area (Å²) in [6.45, 7) is 1.18. The minimum atomic E-state index is -0.961. The normalized spacial score (nSPS) is 21.5. The molecule has 1 aliphatic heterocycles. The maximum absolute atomic E-state index is 11.4. The van der Waals surface area contributed by atoms with E-state index >= 15 is 0 Å². The van der Waals surface area contributed by atoms with Gasteiger partial charge in [0, 0.05) is 36.2 Å². The third kappa shape index (κ3) is 2.97. The number of aliphatic carboxylic acids is 1. The van der Waals surface area contributed by atoms with Crippen LogP contribution in [0.4, 0.5) is 0 Å². The number of nitrogens with zero attached hydrogens (tertiary/aromatic N) is 1. The highest BCUT2D eigenvalue weighted by Crippen LogP contribution is 2.26. The zero-order valence-electron chi connectivity index (χ0n) is 11.4. The molecule has 1 aliphatic rings. The lowest BCUT2D eigenvalue weighted by Crippen LogP contribution is -2.52. The van der Waals surface area contributed by atoms with Crippen LogP contribution >= 0.6 is 11.3 Å². The summed E-state index contributed by atoms with van der Waals surface area (Å²) in [5.41, 5.74) is 0.113. The molecule has 1 fully saturated rings. The molecule has 2 N–H and O–H groups in total. The molecule has 0 aliphatic carbocycles. The van der Waals surface area contributed by atoms with Crippen LogP contribution in [0.5, 0.6) is 0 Å². The number of aromatic nitrogens is 1. The largest absolute Gasteiger partial charge is 0.480 e. The van der Waals surface area contributed by atoms with Gasteiger partial charge in [0.05, 0.1) is 6.61 Å². The van der Waals surface area contributed by atoms with E-state index in [1.54, 1.807) is 17.5 Å². The zero-order chi connectivity index (χ0) is 14.7. The van der Waals surface area contributed by atoms with Crippen molar-refractivity contribution < 1.29 is 14.6 Å². The standard InChI is InChI=1S/C15H16N2O3S/c18-14(19)15(6-7-20-10-15)17-9-12-8-16-13(21-12)11-4-2-1-3-5-11/h1-5,8,17H,6-7,9-10H2,(H,18,19). The second kappa shape index (κ2) is 5.93. The van der Waals surface area contributed by atoms with Crippen molar-refractivity contribution >= 4 is 17.3 Å². The van der Waals surface area contributed by atoms with E-state index in [-0.39, 0.29) is 6.61 Å². The van der Waals surface area contributed by atoms with Crippen molar-refractivity contribution in [2.24, 2.45) is 0 Å². The first-order valence-corrected chi connectivity index (χ1v) is 7.58. The van der Waals surface area contributed by atoms with Crippen LogP contribution in [0.15, 0.2) is 36.5 Å². The Morgan fingerprint density at radius 2 is 2.24 bits per heavy atom. The summed E-state index contributed by atoms with van der Waals surface area (Å²) in [6, 6.07) is 9.95. The third-order valence-corrected chi connectivity index (χ3v) is 4.65. The lowest BCUT2D eigenvalue weighted by Gasteiger charge is -2.23. The Morgan fingerprint density at radius 3 is 2.90 bits per heavy atom.